The molecule has 5 nitrogen and oxygen atoms in total. The maximum Gasteiger partial charge on any atom is 0.349 e. The molecule has 4 aromatic carbocycles. The Morgan fingerprint density at radius 2 is 1.42 bits per heavy atom. The molecule has 0 saturated heterocycles. The lowest BCUT2D eigenvalue weighted by Gasteiger charge is -2.18. The van der Waals surface area contributed by atoms with Crippen LogP contribution in [0.4, 0.5) is 0 Å². The number of Topliss-reactive ketones (excluding diaryl/α,β-unsaturated/α-hetero) is 1. The summed E-state index contributed by atoms with van der Waals surface area (Å²) in [5, 5.41) is 1.66. The van der Waals surface area contributed by atoms with Crippen LogP contribution in [0, 0.1) is 0 Å². The Morgan fingerprint density at radius 3 is 2.16 bits per heavy atom. The molecule has 1 unspecified atom stereocenters. The smallest absolute Gasteiger partial charge is 0.349 e. The Kier molecular flexibility index (Phi) is 6.05. The molecule has 0 aliphatic carbocycles. The fraction of sp³-hybridized carbons (Fsp3) is 0.0769. The van der Waals surface area contributed by atoms with Crippen molar-refractivity contribution in [3.05, 3.63) is 108 Å². The molecule has 1 atom stereocenters. The molecule has 0 amide bonds. The fourth-order valence-corrected chi connectivity index (χ4v) is 3.41. The maximum absolute atomic E-state index is 13.0. The number of ether oxygens (including phenoxy) is 2. The van der Waals surface area contributed by atoms with Gasteiger partial charge < -0.3 is 15.2 Å². The molecular formula is C26H21NO4. The maximum atomic E-state index is 13.0. The third kappa shape index (κ3) is 4.63. The minimum Gasteiger partial charge on any atom is -0.482 e. The minimum atomic E-state index is -0.994. The third-order valence-electron chi connectivity index (χ3n) is 4.91. The predicted molar refractivity (Wildman–Crippen MR) is 119 cm³/mol. The molecule has 0 saturated carbocycles. The van der Waals surface area contributed by atoms with Crippen LogP contribution in [0.15, 0.2) is 97.1 Å². The average molecular weight is 411 g/mol. The summed E-state index contributed by atoms with van der Waals surface area (Å²) in [6.07, 6.45) is 0. The number of hydrogen-bond donors (Lipinski definition) is 1. The highest BCUT2D eigenvalue weighted by atomic mass is 16.6. The number of hydrogen-bond acceptors (Lipinski definition) is 5. The van der Waals surface area contributed by atoms with E-state index < -0.39 is 12.0 Å². The third-order valence-corrected chi connectivity index (χ3v) is 4.91. The Hall–Kier alpha value is -3.96. The SMILES string of the molecule is NC(C(=O)c1ccccc1)c1c(OC(=O)COc2ccccc2)ccc2ccccc12. The van der Waals surface area contributed by atoms with Crippen molar-refractivity contribution in [1.82, 2.24) is 0 Å². The summed E-state index contributed by atoms with van der Waals surface area (Å²) in [5.74, 6) is -0.0270. The number of benzene rings is 4. The van der Waals surface area contributed by atoms with Crippen molar-refractivity contribution >= 4 is 22.5 Å². The molecule has 0 aliphatic rings. The van der Waals surface area contributed by atoms with Gasteiger partial charge in [-0.05, 0) is 29.0 Å². The highest BCUT2D eigenvalue weighted by Crippen LogP contribution is 2.34. The summed E-state index contributed by atoms with van der Waals surface area (Å²) in [6.45, 7) is -0.266. The number of esters is 1. The molecule has 0 spiro atoms. The van der Waals surface area contributed by atoms with Crippen molar-refractivity contribution in [1.29, 1.82) is 0 Å². The average Bonchev–Trinajstić information content (AvgIpc) is 2.83. The number of nitrogens with two attached hydrogens (primary N) is 1. The largest absolute Gasteiger partial charge is 0.482 e. The van der Waals surface area contributed by atoms with Crippen LogP contribution in [0.3, 0.4) is 0 Å². The van der Waals surface area contributed by atoms with Gasteiger partial charge >= 0.3 is 5.97 Å². The topological polar surface area (TPSA) is 78.6 Å². The van der Waals surface area contributed by atoms with Crippen molar-refractivity contribution in [2.24, 2.45) is 5.73 Å². The molecule has 0 heterocycles. The van der Waals surface area contributed by atoms with Gasteiger partial charge in [-0.3, -0.25) is 4.79 Å². The van der Waals surface area contributed by atoms with E-state index in [9.17, 15) is 9.59 Å². The molecule has 31 heavy (non-hydrogen) atoms. The molecule has 154 valence electrons. The summed E-state index contributed by atoms with van der Waals surface area (Å²) < 4.78 is 11.1. The quantitative estimate of drug-likeness (QED) is 0.271. The summed E-state index contributed by atoms with van der Waals surface area (Å²) in [5.41, 5.74) is 7.37. The van der Waals surface area contributed by atoms with Gasteiger partial charge in [0.15, 0.2) is 12.4 Å². The van der Waals surface area contributed by atoms with Gasteiger partial charge in [0, 0.05) is 11.1 Å². The first-order chi connectivity index (χ1) is 15.1. The Labute approximate surface area is 180 Å². The normalized spacial score (nSPS) is 11.6. The van der Waals surface area contributed by atoms with E-state index in [2.05, 4.69) is 0 Å². The number of ketones is 1. The van der Waals surface area contributed by atoms with Gasteiger partial charge in [-0.25, -0.2) is 4.79 Å². The van der Waals surface area contributed by atoms with Gasteiger partial charge in [0.25, 0.3) is 0 Å². The Balaban J connectivity index is 1.64. The molecule has 0 radical (unpaired) electrons. The van der Waals surface area contributed by atoms with Crippen molar-refractivity contribution in [2.45, 2.75) is 6.04 Å². The van der Waals surface area contributed by atoms with E-state index in [-0.39, 0.29) is 18.1 Å². The van der Waals surface area contributed by atoms with Crippen molar-refractivity contribution < 1.29 is 19.1 Å². The van der Waals surface area contributed by atoms with Gasteiger partial charge in [0.2, 0.25) is 0 Å². The van der Waals surface area contributed by atoms with Crippen LogP contribution in [0.5, 0.6) is 11.5 Å². The first-order valence-corrected chi connectivity index (χ1v) is 9.88. The number of carbonyl (C=O) groups is 2. The zero-order chi connectivity index (χ0) is 21.6. The zero-order valence-electron chi connectivity index (χ0n) is 16.7. The lowest BCUT2D eigenvalue weighted by molar-refractivity contribution is -0.136. The lowest BCUT2D eigenvalue weighted by atomic mass is 9.93. The second-order valence-corrected chi connectivity index (χ2v) is 6.98. The van der Waals surface area contributed by atoms with E-state index in [1.807, 2.05) is 54.6 Å². The van der Waals surface area contributed by atoms with Crippen LogP contribution in [0.2, 0.25) is 0 Å². The molecule has 5 heteroatoms. The predicted octanol–water partition coefficient (Wildman–Crippen LogP) is 4.71. The minimum absolute atomic E-state index is 0.247. The van der Waals surface area contributed by atoms with Crippen LogP contribution in [0.1, 0.15) is 22.0 Å². The van der Waals surface area contributed by atoms with Crippen molar-refractivity contribution in [3.8, 4) is 11.5 Å². The summed E-state index contributed by atoms with van der Waals surface area (Å²) in [6, 6.07) is 27.9. The lowest BCUT2D eigenvalue weighted by Crippen LogP contribution is -2.24. The van der Waals surface area contributed by atoms with Gasteiger partial charge in [-0.1, -0.05) is 78.9 Å². The number of para-hydroxylation sites is 1. The van der Waals surface area contributed by atoms with Gasteiger partial charge in [-0.2, -0.15) is 0 Å². The summed E-state index contributed by atoms with van der Waals surface area (Å²) in [4.78, 5) is 25.5. The van der Waals surface area contributed by atoms with Crippen LogP contribution in [-0.4, -0.2) is 18.4 Å². The van der Waals surface area contributed by atoms with Crippen molar-refractivity contribution in [2.75, 3.05) is 6.61 Å². The van der Waals surface area contributed by atoms with Crippen LogP contribution in [-0.2, 0) is 4.79 Å². The second kappa shape index (κ2) is 9.24. The zero-order valence-corrected chi connectivity index (χ0v) is 16.7. The molecule has 2 N–H and O–H groups in total. The Morgan fingerprint density at radius 1 is 0.774 bits per heavy atom. The molecule has 0 aromatic heterocycles. The first kappa shape index (κ1) is 20.3. The fourth-order valence-electron chi connectivity index (χ4n) is 3.41. The van der Waals surface area contributed by atoms with E-state index >= 15 is 0 Å². The summed E-state index contributed by atoms with van der Waals surface area (Å²) >= 11 is 0. The van der Waals surface area contributed by atoms with E-state index in [0.29, 0.717) is 16.9 Å². The highest BCUT2D eigenvalue weighted by Gasteiger charge is 2.25. The Bertz CT molecular complexity index is 1210. The first-order valence-electron chi connectivity index (χ1n) is 9.88. The number of fused-ring (bicyclic) bond motifs is 1. The molecule has 4 rings (SSSR count). The van der Waals surface area contributed by atoms with E-state index in [4.69, 9.17) is 15.2 Å². The second-order valence-electron chi connectivity index (χ2n) is 6.98. The highest BCUT2D eigenvalue weighted by molar-refractivity contribution is 6.04. The van der Waals surface area contributed by atoms with Gasteiger partial charge in [0.1, 0.15) is 11.5 Å². The van der Waals surface area contributed by atoms with Crippen LogP contribution in [0.25, 0.3) is 10.8 Å². The molecular weight excluding hydrogens is 390 g/mol. The number of carbonyl (C=O) groups excluding carboxylic acids is 2. The monoisotopic (exact) mass is 411 g/mol. The molecule has 0 fully saturated rings. The van der Waals surface area contributed by atoms with E-state index in [0.717, 1.165) is 10.8 Å². The summed E-state index contributed by atoms with van der Waals surface area (Å²) in [7, 11) is 0. The van der Waals surface area contributed by atoms with Gasteiger partial charge in [0.05, 0.1) is 6.04 Å². The molecule has 4 aromatic rings. The molecule has 0 bridgehead atoms. The molecule has 0 aliphatic heterocycles. The standard InChI is InChI=1S/C26H21NO4/c27-25(26(29)19-10-3-1-4-11-19)24-21-14-8-7-9-18(21)15-16-22(24)31-23(28)17-30-20-12-5-2-6-13-20/h1-16,25H,17,27H2. The van der Waals surface area contributed by atoms with E-state index in [1.165, 1.54) is 0 Å². The van der Waals surface area contributed by atoms with Crippen LogP contribution >= 0.6 is 0 Å². The van der Waals surface area contributed by atoms with Gasteiger partial charge in [-0.15, -0.1) is 0 Å². The number of rotatable bonds is 7. The van der Waals surface area contributed by atoms with Crippen LogP contribution < -0.4 is 15.2 Å². The van der Waals surface area contributed by atoms with Crippen molar-refractivity contribution in [3.63, 3.8) is 0 Å². The van der Waals surface area contributed by atoms with E-state index in [1.54, 1.807) is 42.5 Å².